The van der Waals surface area contributed by atoms with Crippen molar-refractivity contribution in [2.24, 2.45) is 5.10 Å². The summed E-state index contributed by atoms with van der Waals surface area (Å²) >= 11 is 0. The fraction of sp³-hybridized carbons (Fsp3) is 0.188. The summed E-state index contributed by atoms with van der Waals surface area (Å²) in [5.41, 5.74) is 4.17. The number of hydrogen-bond acceptors (Lipinski definition) is 5. The molecule has 1 aromatic heterocycles. The normalized spacial score (nSPS) is 11.0. The van der Waals surface area contributed by atoms with Gasteiger partial charge in [-0.2, -0.15) is 5.10 Å². The van der Waals surface area contributed by atoms with E-state index in [2.05, 4.69) is 15.5 Å². The standard InChI is InChI=1S/C16H17N3O3/c1-11(13-8-7-12(21-2)10-15(13)22-3)18-19-16(20)14-6-4-5-9-17-14/h4-10H,1-3H3,(H,19,20). The van der Waals surface area contributed by atoms with Crippen LogP contribution in [0, 0.1) is 0 Å². The number of nitrogens with one attached hydrogen (secondary N) is 1. The Kier molecular flexibility index (Phi) is 5.08. The molecule has 0 radical (unpaired) electrons. The molecule has 0 aliphatic heterocycles. The van der Waals surface area contributed by atoms with Gasteiger partial charge in [0.2, 0.25) is 0 Å². The van der Waals surface area contributed by atoms with Crippen LogP contribution in [0.25, 0.3) is 0 Å². The van der Waals surface area contributed by atoms with Crippen LogP contribution in [0.4, 0.5) is 0 Å². The van der Waals surface area contributed by atoms with E-state index in [1.165, 1.54) is 0 Å². The Morgan fingerprint density at radius 1 is 1.18 bits per heavy atom. The van der Waals surface area contributed by atoms with Crippen LogP contribution in [0.3, 0.4) is 0 Å². The fourth-order valence-corrected chi connectivity index (χ4v) is 1.85. The monoisotopic (exact) mass is 299 g/mol. The second-order valence-corrected chi connectivity index (χ2v) is 4.42. The van der Waals surface area contributed by atoms with Crippen LogP contribution in [-0.4, -0.2) is 30.8 Å². The highest BCUT2D eigenvalue weighted by Crippen LogP contribution is 2.25. The van der Waals surface area contributed by atoms with Crippen molar-refractivity contribution in [3.05, 3.63) is 53.9 Å². The molecule has 6 heteroatoms. The summed E-state index contributed by atoms with van der Waals surface area (Å²) in [6.07, 6.45) is 1.55. The highest BCUT2D eigenvalue weighted by atomic mass is 16.5. The van der Waals surface area contributed by atoms with Gasteiger partial charge in [-0.25, -0.2) is 5.43 Å². The number of carbonyl (C=O) groups is 1. The number of aromatic nitrogens is 1. The van der Waals surface area contributed by atoms with Gasteiger partial charge in [-0.15, -0.1) is 0 Å². The first-order valence-electron chi connectivity index (χ1n) is 6.63. The van der Waals surface area contributed by atoms with Gasteiger partial charge >= 0.3 is 0 Å². The van der Waals surface area contributed by atoms with Crippen molar-refractivity contribution in [3.63, 3.8) is 0 Å². The lowest BCUT2D eigenvalue weighted by Crippen LogP contribution is -2.20. The van der Waals surface area contributed by atoms with Crippen LogP contribution in [0.15, 0.2) is 47.7 Å². The maximum absolute atomic E-state index is 11.9. The van der Waals surface area contributed by atoms with Crippen molar-refractivity contribution in [3.8, 4) is 11.5 Å². The maximum atomic E-state index is 11.9. The number of hydrogen-bond donors (Lipinski definition) is 1. The molecule has 22 heavy (non-hydrogen) atoms. The minimum atomic E-state index is -0.368. The lowest BCUT2D eigenvalue weighted by molar-refractivity contribution is 0.0950. The quantitative estimate of drug-likeness (QED) is 0.679. The molecule has 0 spiro atoms. The van der Waals surface area contributed by atoms with Crippen molar-refractivity contribution in [1.29, 1.82) is 0 Å². The first kappa shape index (κ1) is 15.5. The number of methoxy groups -OCH3 is 2. The number of rotatable bonds is 5. The van der Waals surface area contributed by atoms with E-state index in [1.54, 1.807) is 57.7 Å². The molecule has 1 amide bonds. The lowest BCUT2D eigenvalue weighted by atomic mass is 10.1. The zero-order chi connectivity index (χ0) is 15.9. The molecule has 0 aliphatic rings. The minimum absolute atomic E-state index is 0.306. The van der Waals surface area contributed by atoms with E-state index in [1.807, 2.05) is 6.07 Å². The molecule has 2 rings (SSSR count). The largest absolute Gasteiger partial charge is 0.497 e. The maximum Gasteiger partial charge on any atom is 0.289 e. The van der Waals surface area contributed by atoms with Crippen LogP contribution >= 0.6 is 0 Å². The van der Waals surface area contributed by atoms with Crippen LogP contribution < -0.4 is 14.9 Å². The topological polar surface area (TPSA) is 72.8 Å². The molecule has 0 saturated carbocycles. The van der Waals surface area contributed by atoms with Gasteiger partial charge < -0.3 is 9.47 Å². The molecule has 1 aromatic carbocycles. The van der Waals surface area contributed by atoms with Gasteiger partial charge in [0.1, 0.15) is 17.2 Å². The predicted octanol–water partition coefficient (Wildman–Crippen LogP) is 2.25. The number of amides is 1. The number of nitrogens with zero attached hydrogens (tertiary/aromatic N) is 2. The Morgan fingerprint density at radius 3 is 2.64 bits per heavy atom. The third-order valence-corrected chi connectivity index (χ3v) is 3.02. The summed E-state index contributed by atoms with van der Waals surface area (Å²) in [4.78, 5) is 15.9. The summed E-state index contributed by atoms with van der Waals surface area (Å²) in [7, 11) is 3.15. The van der Waals surface area contributed by atoms with Crippen LogP contribution in [0.1, 0.15) is 23.0 Å². The summed E-state index contributed by atoms with van der Waals surface area (Å²) in [5.74, 6) is 0.936. The van der Waals surface area contributed by atoms with Crippen LogP contribution in [-0.2, 0) is 0 Å². The van der Waals surface area contributed by atoms with Gasteiger partial charge in [-0.3, -0.25) is 9.78 Å². The molecule has 0 fully saturated rings. The fourth-order valence-electron chi connectivity index (χ4n) is 1.85. The Bertz CT molecular complexity index is 684. The van der Waals surface area contributed by atoms with Gasteiger partial charge in [-0.1, -0.05) is 6.07 Å². The molecule has 0 atom stereocenters. The molecule has 0 unspecified atom stereocenters. The molecule has 0 aliphatic carbocycles. The van der Waals surface area contributed by atoms with E-state index in [-0.39, 0.29) is 5.91 Å². The number of pyridine rings is 1. The molecule has 1 heterocycles. The first-order chi connectivity index (χ1) is 10.7. The van der Waals surface area contributed by atoms with Gasteiger partial charge in [0.15, 0.2) is 0 Å². The van der Waals surface area contributed by atoms with Gasteiger partial charge in [0.25, 0.3) is 5.91 Å². The van der Waals surface area contributed by atoms with Crippen molar-refractivity contribution in [1.82, 2.24) is 10.4 Å². The third kappa shape index (κ3) is 3.60. The number of benzene rings is 1. The van der Waals surface area contributed by atoms with E-state index in [0.29, 0.717) is 22.9 Å². The van der Waals surface area contributed by atoms with E-state index in [4.69, 9.17) is 9.47 Å². The molecular weight excluding hydrogens is 282 g/mol. The third-order valence-electron chi connectivity index (χ3n) is 3.02. The Balaban J connectivity index is 2.17. The van der Waals surface area contributed by atoms with E-state index in [9.17, 15) is 4.79 Å². The smallest absolute Gasteiger partial charge is 0.289 e. The Labute approximate surface area is 128 Å². The number of hydrazone groups is 1. The van der Waals surface area contributed by atoms with E-state index in [0.717, 1.165) is 5.56 Å². The second-order valence-electron chi connectivity index (χ2n) is 4.42. The second kappa shape index (κ2) is 7.21. The van der Waals surface area contributed by atoms with Crippen molar-refractivity contribution in [2.45, 2.75) is 6.92 Å². The SMILES string of the molecule is COc1ccc(C(C)=NNC(=O)c2ccccn2)c(OC)c1. The first-order valence-corrected chi connectivity index (χ1v) is 6.63. The molecular formula is C16H17N3O3. The summed E-state index contributed by atoms with van der Waals surface area (Å²) < 4.78 is 10.5. The van der Waals surface area contributed by atoms with Gasteiger partial charge in [-0.05, 0) is 31.2 Å². The van der Waals surface area contributed by atoms with E-state index >= 15 is 0 Å². The highest BCUT2D eigenvalue weighted by molar-refractivity contribution is 6.02. The molecule has 6 nitrogen and oxygen atoms in total. The van der Waals surface area contributed by atoms with Crippen molar-refractivity contribution < 1.29 is 14.3 Å². The van der Waals surface area contributed by atoms with Gasteiger partial charge in [0, 0.05) is 17.8 Å². The Morgan fingerprint density at radius 2 is 2.00 bits per heavy atom. The summed E-state index contributed by atoms with van der Waals surface area (Å²) in [5, 5.41) is 4.09. The number of carbonyl (C=O) groups excluding carboxylic acids is 1. The number of ether oxygens (including phenoxy) is 2. The predicted molar refractivity (Wildman–Crippen MR) is 83.5 cm³/mol. The molecule has 2 aromatic rings. The molecule has 1 N–H and O–H groups in total. The molecule has 0 saturated heterocycles. The van der Waals surface area contributed by atoms with E-state index < -0.39 is 0 Å². The molecule has 0 bridgehead atoms. The van der Waals surface area contributed by atoms with Crippen LogP contribution in [0.5, 0.6) is 11.5 Å². The highest BCUT2D eigenvalue weighted by Gasteiger charge is 2.09. The summed E-state index contributed by atoms with van der Waals surface area (Å²) in [6.45, 7) is 1.78. The van der Waals surface area contributed by atoms with Crippen molar-refractivity contribution in [2.75, 3.05) is 14.2 Å². The summed E-state index contributed by atoms with van der Waals surface area (Å²) in [6, 6.07) is 10.5. The average Bonchev–Trinajstić information content (AvgIpc) is 2.59. The molecule has 114 valence electrons. The zero-order valence-corrected chi connectivity index (χ0v) is 12.7. The zero-order valence-electron chi connectivity index (χ0n) is 12.7. The Hall–Kier alpha value is -2.89. The average molecular weight is 299 g/mol. The minimum Gasteiger partial charge on any atom is -0.497 e. The van der Waals surface area contributed by atoms with Crippen molar-refractivity contribution >= 4 is 11.6 Å². The van der Waals surface area contributed by atoms with Gasteiger partial charge in [0.05, 0.1) is 19.9 Å². The lowest BCUT2D eigenvalue weighted by Gasteiger charge is -2.10. The van der Waals surface area contributed by atoms with Crippen LogP contribution in [0.2, 0.25) is 0 Å².